The highest BCUT2D eigenvalue weighted by molar-refractivity contribution is 5.99. The van der Waals surface area contributed by atoms with E-state index in [-0.39, 0.29) is 0 Å². The number of hydrogen-bond donors (Lipinski definition) is 1. The Kier molecular flexibility index (Phi) is 3.03. The van der Waals surface area contributed by atoms with Crippen LogP contribution in [0.25, 0.3) is 21.5 Å². The third-order valence-corrected chi connectivity index (χ3v) is 3.50. The summed E-state index contributed by atoms with van der Waals surface area (Å²) in [5, 5.41) is 13.2. The summed E-state index contributed by atoms with van der Waals surface area (Å²) in [7, 11) is 0. The van der Waals surface area contributed by atoms with Gasteiger partial charge in [-0.15, -0.1) is 0 Å². The molecule has 3 nitrogen and oxygen atoms in total. The van der Waals surface area contributed by atoms with E-state index < -0.39 is 12.3 Å². The third-order valence-electron chi connectivity index (χ3n) is 3.50. The first-order valence-electron chi connectivity index (χ1n) is 6.46. The van der Waals surface area contributed by atoms with Crippen LogP contribution in [0.1, 0.15) is 18.6 Å². The van der Waals surface area contributed by atoms with Gasteiger partial charge in [0.1, 0.15) is 6.10 Å². The molecule has 100 valence electrons. The maximum atomic E-state index is 10.7. The average molecular weight is 266 g/mol. The second-order valence-corrected chi connectivity index (χ2v) is 4.79. The van der Waals surface area contributed by atoms with Crippen molar-refractivity contribution in [3.05, 3.63) is 60.2 Å². The summed E-state index contributed by atoms with van der Waals surface area (Å²) in [6.45, 7) is 1.75. The molecular weight excluding hydrogens is 252 g/mol. The molecule has 0 aliphatic heterocycles. The number of benzene rings is 3. The standard InChI is InChI=1S/C17H14O3/c1-11(20-17(18)19)15-8-4-7-14-9-12-5-2-3-6-13(12)10-16(14)15/h2-11H,1H3,(H,18,19). The van der Waals surface area contributed by atoms with Crippen LogP contribution in [0.2, 0.25) is 0 Å². The van der Waals surface area contributed by atoms with Crippen LogP contribution in [0.4, 0.5) is 4.79 Å². The lowest BCUT2D eigenvalue weighted by atomic mass is 9.97. The minimum absolute atomic E-state index is 0.489. The van der Waals surface area contributed by atoms with Gasteiger partial charge in [0.25, 0.3) is 0 Å². The number of ether oxygens (including phenoxy) is 1. The van der Waals surface area contributed by atoms with E-state index in [0.29, 0.717) is 0 Å². The average Bonchev–Trinajstić information content (AvgIpc) is 2.43. The molecule has 0 radical (unpaired) electrons. The minimum Gasteiger partial charge on any atom is -0.450 e. The maximum absolute atomic E-state index is 10.7. The molecule has 3 aromatic carbocycles. The number of carbonyl (C=O) groups is 1. The summed E-state index contributed by atoms with van der Waals surface area (Å²) in [4.78, 5) is 10.7. The largest absolute Gasteiger partial charge is 0.506 e. The van der Waals surface area contributed by atoms with E-state index in [9.17, 15) is 4.79 Å². The fourth-order valence-corrected chi connectivity index (χ4v) is 2.56. The van der Waals surface area contributed by atoms with Crippen molar-refractivity contribution in [2.24, 2.45) is 0 Å². The molecule has 0 aliphatic carbocycles. The van der Waals surface area contributed by atoms with Crippen LogP contribution >= 0.6 is 0 Å². The Bertz CT molecular complexity index is 792. The van der Waals surface area contributed by atoms with Gasteiger partial charge in [0.15, 0.2) is 0 Å². The van der Waals surface area contributed by atoms with Crippen molar-refractivity contribution in [2.75, 3.05) is 0 Å². The van der Waals surface area contributed by atoms with Gasteiger partial charge in [0.05, 0.1) is 0 Å². The zero-order valence-corrected chi connectivity index (χ0v) is 11.0. The van der Waals surface area contributed by atoms with E-state index in [4.69, 9.17) is 9.84 Å². The molecule has 3 aromatic rings. The highest BCUT2D eigenvalue weighted by Gasteiger charge is 2.13. The molecule has 0 bridgehead atoms. The zero-order valence-electron chi connectivity index (χ0n) is 11.0. The van der Waals surface area contributed by atoms with Crippen molar-refractivity contribution in [3.8, 4) is 0 Å². The normalized spacial score (nSPS) is 12.4. The van der Waals surface area contributed by atoms with Crippen molar-refractivity contribution >= 4 is 27.7 Å². The molecule has 1 N–H and O–H groups in total. The lowest BCUT2D eigenvalue weighted by molar-refractivity contribution is 0.0592. The molecule has 0 aromatic heterocycles. The summed E-state index contributed by atoms with van der Waals surface area (Å²) >= 11 is 0. The number of carboxylic acid groups (broad SMARTS) is 1. The maximum Gasteiger partial charge on any atom is 0.506 e. The lowest BCUT2D eigenvalue weighted by Gasteiger charge is -2.14. The molecule has 0 saturated carbocycles. The predicted molar refractivity (Wildman–Crippen MR) is 79.0 cm³/mol. The molecular formula is C17H14O3. The minimum atomic E-state index is -1.25. The van der Waals surface area contributed by atoms with Crippen molar-refractivity contribution in [3.63, 3.8) is 0 Å². The molecule has 0 amide bonds. The zero-order chi connectivity index (χ0) is 14.1. The van der Waals surface area contributed by atoms with Crippen LogP contribution in [0, 0.1) is 0 Å². The molecule has 0 heterocycles. The first-order valence-corrected chi connectivity index (χ1v) is 6.46. The number of hydrogen-bond acceptors (Lipinski definition) is 2. The van der Waals surface area contributed by atoms with E-state index in [1.807, 2.05) is 36.4 Å². The van der Waals surface area contributed by atoms with Crippen LogP contribution in [0.5, 0.6) is 0 Å². The third kappa shape index (κ3) is 2.18. The molecule has 1 unspecified atom stereocenters. The van der Waals surface area contributed by atoms with Gasteiger partial charge in [-0.25, -0.2) is 4.79 Å². The Balaban J connectivity index is 2.22. The van der Waals surface area contributed by atoms with Gasteiger partial charge in [-0.1, -0.05) is 42.5 Å². The van der Waals surface area contributed by atoms with Crippen LogP contribution < -0.4 is 0 Å². The second kappa shape index (κ2) is 4.85. The summed E-state index contributed by atoms with van der Waals surface area (Å²) in [6, 6.07) is 18.2. The van der Waals surface area contributed by atoms with Crippen molar-refractivity contribution in [2.45, 2.75) is 13.0 Å². The summed E-state index contributed by atoms with van der Waals surface area (Å²) in [5.74, 6) is 0. The predicted octanol–water partition coefficient (Wildman–Crippen LogP) is 4.75. The number of fused-ring (bicyclic) bond motifs is 2. The lowest BCUT2D eigenvalue weighted by Crippen LogP contribution is -2.06. The Hall–Kier alpha value is -2.55. The fourth-order valence-electron chi connectivity index (χ4n) is 2.56. The van der Waals surface area contributed by atoms with Crippen LogP contribution in [0.15, 0.2) is 54.6 Å². The SMILES string of the molecule is CC(OC(=O)O)c1cccc2cc3ccccc3cc12. The van der Waals surface area contributed by atoms with Gasteiger partial charge in [0, 0.05) is 5.56 Å². The topological polar surface area (TPSA) is 46.5 Å². The van der Waals surface area contributed by atoms with E-state index >= 15 is 0 Å². The summed E-state index contributed by atoms with van der Waals surface area (Å²) in [6.07, 6.45) is -1.74. The monoisotopic (exact) mass is 266 g/mol. The smallest absolute Gasteiger partial charge is 0.450 e. The molecule has 0 saturated heterocycles. The number of rotatable bonds is 2. The Morgan fingerprint density at radius 1 is 1.00 bits per heavy atom. The first kappa shape index (κ1) is 12.5. The molecule has 0 aliphatic rings. The molecule has 0 fully saturated rings. The molecule has 20 heavy (non-hydrogen) atoms. The highest BCUT2D eigenvalue weighted by atomic mass is 16.7. The quantitative estimate of drug-likeness (QED) is 0.538. The molecule has 1 atom stereocenters. The van der Waals surface area contributed by atoms with Crippen molar-refractivity contribution in [1.82, 2.24) is 0 Å². The molecule has 3 heteroatoms. The van der Waals surface area contributed by atoms with Gasteiger partial charge in [-0.2, -0.15) is 0 Å². The fraction of sp³-hybridized carbons (Fsp3) is 0.118. The molecule has 0 spiro atoms. The first-order chi connectivity index (χ1) is 9.65. The van der Waals surface area contributed by atoms with Crippen molar-refractivity contribution < 1.29 is 14.6 Å². The van der Waals surface area contributed by atoms with Gasteiger partial charge >= 0.3 is 6.16 Å². The Morgan fingerprint density at radius 2 is 1.65 bits per heavy atom. The van der Waals surface area contributed by atoms with Crippen LogP contribution in [-0.2, 0) is 4.74 Å². The van der Waals surface area contributed by atoms with Crippen LogP contribution in [0.3, 0.4) is 0 Å². The second-order valence-electron chi connectivity index (χ2n) is 4.79. The van der Waals surface area contributed by atoms with Gasteiger partial charge in [0.2, 0.25) is 0 Å². The van der Waals surface area contributed by atoms with E-state index in [1.54, 1.807) is 6.92 Å². The highest BCUT2D eigenvalue weighted by Crippen LogP contribution is 2.30. The summed E-state index contributed by atoms with van der Waals surface area (Å²) < 4.78 is 4.87. The van der Waals surface area contributed by atoms with Gasteiger partial charge in [-0.05, 0) is 40.6 Å². The Morgan fingerprint density at radius 3 is 2.35 bits per heavy atom. The van der Waals surface area contributed by atoms with Crippen LogP contribution in [-0.4, -0.2) is 11.3 Å². The summed E-state index contributed by atoms with van der Waals surface area (Å²) in [5.41, 5.74) is 0.885. The molecule has 3 rings (SSSR count). The van der Waals surface area contributed by atoms with E-state index in [1.165, 1.54) is 5.39 Å². The van der Waals surface area contributed by atoms with E-state index in [0.717, 1.165) is 21.7 Å². The Labute approximate surface area is 116 Å². The van der Waals surface area contributed by atoms with Crippen molar-refractivity contribution in [1.29, 1.82) is 0 Å². The van der Waals surface area contributed by atoms with Gasteiger partial charge < -0.3 is 9.84 Å². The van der Waals surface area contributed by atoms with E-state index in [2.05, 4.69) is 18.2 Å². The van der Waals surface area contributed by atoms with Gasteiger partial charge in [-0.3, -0.25) is 0 Å².